The lowest BCUT2D eigenvalue weighted by Gasteiger charge is -2.04. The van der Waals surface area contributed by atoms with Crippen LogP contribution in [0.1, 0.15) is 11.1 Å². The van der Waals surface area contributed by atoms with Gasteiger partial charge in [0.2, 0.25) is 0 Å². The molecule has 0 spiro atoms. The van der Waals surface area contributed by atoms with E-state index in [1.54, 1.807) is 6.07 Å². The summed E-state index contributed by atoms with van der Waals surface area (Å²) in [6.45, 7) is 2.07. The van der Waals surface area contributed by atoms with E-state index in [0.29, 0.717) is 5.56 Å². The summed E-state index contributed by atoms with van der Waals surface area (Å²) in [4.78, 5) is 4.45. The first-order valence-corrected chi connectivity index (χ1v) is 6.13. The van der Waals surface area contributed by atoms with Crippen molar-refractivity contribution in [2.24, 2.45) is 0 Å². The van der Waals surface area contributed by atoms with Gasteiger partial charge in [-0.15, -0.1) is 0 Å². The highest BCUT2D eigenvalue weighted by molar-refractivity contribution is 5.84. The van der Waals surface area contributed by atoms with Crippen LogP contribution >= 0.6 is 0 Å². The topological polar surface area (TPSA) is 36.7 Å². The maximum Gasteiger partial charge on any atom is 0.0991 e. The molecular weight excluding hydrogens is 232 g/mol. The maximum absolute atomic E-state index is 8.94. The number of aromatic nitrogens is 1. The van der Waals surface area contributed by atoms with Gasteiger partial charge in [0.25, 0.3) is 0 Å². The molecule has 0 N–H and O–H groups in total. The first-order chi connectivity index (χ1) is 9.26. The van der Waals surface area contributed by atoms with E-state index in [1.807, 2.05) is 18.3 Å². The Morgan fingerprint density at radius 3 is 2.47 bits per heavy atom. The van der Waals surface area contributed by atoms with Crippen molar-refractivity contribution >= 4 is 10.9 Å². The molecule has 0 saturated heterocycles. The number of nitriles is 1. The number of aryl methyl sites for hydroxylation is 1. The summed E-state index contributed by atoms with van der Waals surface area (Å²) in [6.07, 6.45) is 1.87. The van der Waals surface area contributed by atoms with Crippen LogP contribution in [0.2, 0.25) is 0 Å². The van der Waals surface area contributed by atoms with Gasteiger partial charge in [-0.25, -0.2) is 0 Å². The molecule has 3 aromatic rings. The smallest absolute Gasteiger partial charge is 0.0991 e. The third kappa shape index (κ3) is 2.19. The molecule has 2 nitrogen and oxygen atoms in total. The summed E-state index contributed by atoms with van der Waals surface area (Å²) in [7, 11) is 0. The van der Waals surface area contributed by atoms with E-state index < -0.39 is 0 Å². The standard InChI is InChI=1S/C17H12N2/c1-12-2-5-14(6-3-12)16-9-15-8-13(10-18)4-7-17(15)19-11-16/h2-9,11H,1H3. The highest BCUT2D eigenvalue weighted by Gasteiger charge is 2.02. The third-order valence-electron chi connectivity index (χ3n) is 3.20. The van der Waals surface area contributed by atoms with Crippen molar-refractivity contribution in [2.45, 2.75) is 6.92 Å². The van der Waals surface area contributed by atoms with Crippen molar-refractivity contribution in [2.75, 3.05) is 0 Å². The average molecular weight is 244 g/mol. The largest absolute Gasteiger partial charge is 0.256 e. The van der Waals surface area contributed by atoms with Gasteiger partial charge in [-0.05, 0) is 36.8 Å². The maximum atomic E-state index is 8.94. The summed E-state index contributed by atoms with van der Waals surface area (Å²) >= 11 is 0. The highest BCUT2D eigenvalue weighted by atomic mass is 14.6. The van der Waals surface area contributed by atoms with Gasteiger partial charge in [0.05, 0.1) is 17.1 Å². The van der Waals surface area contributed by atoms with Crippen LogP contribution in [0, 0.1) is 18.3 Å². The molecule has 0 aliphatic carbocycles. The molecule has 2 heteroatoms. The second-order valence-corrected chi connectivity index (χ2v) is 4.61. The molecule has 0 amide bonds. The lowest BCUT2D eigenvalue weighted by Crippen LogP contribution is -1.84. The Kier molecular flexibility index (Phi) is 2.74. The molecule has 1 aromatic heterocycles. The molecule has 0 bridgehead atoms. The van der Waals surface area contributed by atoms with Crippen LogP contribution in [-0.4, -0.2) is 4.98 Å². The second-order valence-electron chi connectivity index (χ2n) is 4.61. The molecular formula is C17H12N2. The van der Waals surface area contributed by atoms with E-state index in [4.69, 9.17) is 5.26 Å². The van der Waals surface area contributed by atoms with Gasteiger partial charge in [-0.2, -0.15) is 5.26 Å². The van der Waals surface area contributed by atoms with Crippen molar-refractivity contribution in [3.63, 3.8) is 0 Å². The summed E-state index contributed by atoms with van der Waals surface area (Å²) in [5, 5.41) is 9.94. The summed E-state index contributed by atoms with van der Waals surface area (Å²) in [6, 6.07) is 18.1. The minimum absolute atomic E-state index is 0.662. The number of pyridine rings is 1. The van der Waals surface area contributed by atoms with E-state index in [0.717, 1.165) is 22.0 Å². The molecule has 0 saturated carbocycles. The van der Waals surface area contributed by atoms with E-state index in [-0.39, 0.29) is 0 Å². The Morgan fingerprint density at radius 2 is 1.74 bits per heavy atom. The average Bonchev–Trinajstić information content (AvgIpc) is 2.47. The van der Waals surface area contributed by atoms with Crippen LogP contribution in [0.15, 0.2) is 54.7 Å². The zero-order chi connectivity index (χ0) is 13.2. The van der Waals surface area contributed by atoms with E-state index in [9.17, 15) is 0 Å². The van der Waals surface area contributed by atoms with Gasteiger partial charge in [-0.1, -0.05) is 29.8 Å². The number of nitrogens with zero attached hydrogens (tertiary/aromatic N) is 2. The zero-order valence-corrected chi connectivity index (χ0v) is 10.6. The summed E-state index contributed by atoms with van der Waals surface area (Å²) in [5.41, 5.74) is 5.03. The van der Waals surface area contributed by atoms with Gasteiger partial charge < -0.3 is 0 Å². The molecule has 19 heavy (non-hydrogen) atoms. The van der Waals surface area contributed by atoms with Gasteiger partial charge in [-0.3, -0.25) is 4.98 Å². The van der Waals surface area contributed by atoms with E-state index in [1.165, 1.54) is 5.56 Å². The van der Waals surface area contributed by atoms with Crippen molar-refractivity contribution in [1.82, 2.24) is 4.98 Å². The molecule has 0 radical (unpaired) electrons. The second kappa shape index (κ2) is 4.55. The number of hydrogen-bond donors (Lipinski definition) is 0. The predicted molar refractivity (Wildman–Crippen MR) is 76.6 cm³/mol. The van der Waals surface area contributed by atoms with Crippen molar-refractivity contribution in [1.29, 1.82) is 5.26 Å². The zero-order valence-electron chi connectivity index (χ0n) is 10.6. The van der Waals surface area contributed by atoms with Crippen LogP contribution in [0.25, 0.3) is 22.0 Å². The van der Waals surface area contributed by atoms with Gasteiger partial charge in [0, 0.05) is 17.1 Å². The SMILES string of the molecule is Cc1ccc(-c2cnc3ccc(C#N)cc3c2)cc1. The Balaban J connectivity index is 2.15. The van der Waals surface area contributed by atoms with Crippen molar-refractivity contribution in [3.8, 4) is 17.2 Å². The summed E-state index contributed by atoms with van der Waals surface area (Å²) < 4.78 is 0. The van der Waals surface area contributed by atoms with E-state index in [2.05, 4.69) is 48.3 Å². The minimum Gasteiger partial charge on any atom is -0.256 e. The highest BCUT2D eigenvalue weighted by Crippen LogP contribution is 2.23. The van der Waals surface area contributed by atoms with E-state index >= 15 is 0 Å². The Bertz CT molecular complexity index is 780. The Hall–Kier alpha value is -2.66. The number of benzene rings is 2. The van der Waals surface area contributed by atoms with Crippen molar-refractivity contribution < 1.29 is 0 Å². The number of rotatable bonds is 1. The van der Waals surface area contributed by atoms with Crippen molar-refractivity contribution in [3.05, 3.63) is 65.9 Å². The number of hydrogen-bond acceptors (Lipinski definition) is 2. The van der Waals surface area contributed by atoms with Crippen LogP contribution in [0.4, 0.5) is 0 Å². The normalized spacial score (nSPS) is 10.3. The fraction of sp³-hybridized carbons (Fsp3) is 0.0588. The molecule has 2 aromatic carbocycles. The Labute approximate surface area is 112 Å². The van der Waals surface area contributed by atoms with Crippen LogP contribution < -0.4 is 0 Å². The molecule has 3 rings (SSSR count). The predicted octanol–water partition coefficient (Wildman–Crippen LogP) is 4.08. The summed E-state index contributed by atoms with van der Waals surface area (Å²) in [5.74, 6) is 0. The van der Waals surface area contributed by atoms with Gasteiger partial charge in [0.1, 0.15) is 0 Å². The fourth-order valence-electron chi connectivity index (χ4n) is 2.11. The van der Waals surface area contributed by atoms with Gasteiger partial charge in [0.15, 0.2) is 0 Å². The molecule has 0 unspecified atom stereocenters. The molecule has 0 aliphatic rings. The lowest BCUT2D eigenvalue weighted by atomic mass is 10.0. The molecule has 0 aliphatic heterocycles. The number of fused-ring (bicyclic) bond motifs is 1. The Morgan fingerprint density at radius 1 is 0.947 bits per heavy atom. The molecule has 0 atom stereocenters. The quantitative estimate of drug-likeness (QED) is 0.646. The third-order valence-corrected chi connectivity index (χ3v) is 3.20. The first-order valence-electron chi connectivity index (χ1n) is 6.13. The minimum atomic E-state index is 0.662. The molecule has 0 fully saturated rings. The monoisotopic (exact) mass is 244 g/mol. The molecule has 1 heterocycles. The van der Waals surface area contributed by atoms with Crippen LogP contribution in [-0.2, 0) is 0 Å². The first kappa shape index (κ1) is 11.4. The fourth-order valence-corrected chi connectivity index (χ4v) is 2.11. The molecule has 90 valence electrons. The van der Waals surface area contributed by atoms with Gasteiger partial charge >= 0.3 is 0 Å². The van der Waals surface area contributed by atoms with Crippen LogP contribution in [0.3, 0.4) is 0 Å². The lowest BCUT2D eigenvalue weighted by molar-refractivity contribution is 1.39. The van der Waals surface area contributed by atoms with Crippen LogP contribution in [0.5, 0.6) is 0 Å².